The number of ether oxygens (including phenoxy) is 2. The number of halogens is 4. The molecule has 14 heteroatoms. The topological polar surface area (TPSA) is 114 Å². The lowest BCUT2D eigenvalue weighted by atomic mass is 10.1. The lowest BCUT2D eigenvalue weighted by molar-refractivity contribution is -0.139. The largest absolute Gasteiger partial charge is 0.490 e. The number of aromatic nitrogens is 4. The number of nitrogens with one attached hydrogen (secondary N) is 1. The molecule has 0 aliphatic carbocycles. The van der Waals surface area contributed by atoms with Crippen molar-refractivity contribution >= 4 is 27.8 Å². The van der Waals surface area contributed by atoms with Crippen molar-refractivity contribution in [2.24, 2.45) is 0 Å². The second-order valence-corrected chi connectivity index (χ2v) is 7.95. The average molecular weight is 519 g/mol. The van der Waals surface area contributed by atoms with Gasteiger partial charge >= 0.3 is 6.18 Å². The highest BCUT2D eigenvalue weighted by Crippen LogP contribution is 2.35. The van der Waals surface area contributed by atoms with Crippen molar-refractivity contribution in [3.8, 4) is 5.75 Å². The minimum absolute atomic E-state index is 0.181. The number of aromatic amines is 1. The molecule has 4 heterocycles. The van der Waals surface area contributed by atoms with Crippen molar-refractivity contribution in [1.29, 1.82) is 0 Å². The maximum atomic E-state index is 12.6. The molecule has 0 aromatic carbocycles. The molecule has 10 nitrogen and oxygen atoms in total. The van der Waals surface area contributed by atoms with Gasteiger partial charge in [0.05, 0.1) is 12.2 Å². The first-order valence-electron chi connectivity index (χ1n) is 9.68. The van der Waals surface area contributed by atoms with Gasteiger partial charge in [-0.1, -0.05) is 0 Å². The van der Waals surface area contributed by atoms with Crippen LogP contribution < -0.4 is 15.2 Å². The SMILES string of the molecule is O=C(CO[C@H]1CCOc2c1n[nH]c(=O)c2Br)N1CCN(c2ncc(C(F)(F)F)cn2)CC1. The molecule has 0 radical (unpaired) electrons. The van der Waals surface area contributed by atoms with Gasteiger partial charge in [0.2, 0.25) is 11.9 Å². The number of alkyl halides is 3. The minimum atomic E-state index is -4.49. The smallest absolute Gasteiger partial charge is 0.419 e. The van der Waals surface area contributed by atoms with Gasteiger partial charge in [-0.05, 0) is 15.9 Å². The Hall–Kier alpha value is -2.74. The third-order valence-electron chi connectivity index (χ3n) is 5.13. The maximum Gasteiger partial charge on any atom is 0.419 e. The predicted molar refractivity (Wildman–Crippen MR) is 107 cm³/mol. The van der Waals surface area contributed by atoms with E-state index >= 15 is 0 Å². The summed E-state index contributed by atoms with van der Waals surface area (Å²) in [6, 6.07) is 0. The zero-order valence-electron chi connectivity index (χ0n) is 16.6. The number of fused-ring (bicyclic) bond motifs is 1. The molecule has 1 atom stereocenters. The van der Waals surface area contributed by atoms with Gasteiger partial charge in [0, 0.05) is 45.0 Å². The number of nitrogens with zero attached hydrogens (tertiary/aromatic N) is 5. The molecule has 2 aromatic heterocycles. The molecule has 1 fully saturated rings. The molecule has 0 saturated carbocycles. The Bertz CT molecular complexity index is 1040. The average Bonchev–Trinajstić information content (AvgIpc) is 2.79. The molecule has 2 aliphatic heterocycles. The zero-order chi connectivity index (χ0) is 22.9. The first-order chi connectivity index (χ1) is 15.2. The van der Waals surface area contributed by atoms with Gasteiger partial charge < -0.3 is 19.3 Å². The number of hydrogen-bond donors (Lipinski definition) is 1. The van der Waals surface area contributed by atoms with Crippen LogP contribution in [0.3, 0.4) is 0 Å². The Balaban J connectivity index is 1.30. The fourth-order valence-electron chi connectivity index (χ4n) is 3.40. The molecule has 0 spiro atoms. The number of amides is 1. The Morgan fingerprint density at radius 1 is 1.25 bits per heavy atom. The summed E-state index contributed by atoms with van der Waals surface area (Å²) in [5.41, 5.74) is -0.914. The molecule has 172 valence electrons. The molecule has 0 unspecified atom stereocenters. The third kappa shape index (κ3) is 4.70. The molecule has 2 aromatic rings. The molecular weight excluding hydrogens is 501 g/mol. The van der Waals surface area contributed by atoms with Gasteiger partial charge in [0.15, 0.2) is 5.75 Å². The molecule has 32 heavy (non-hydrogen) atoms. The number of piperazine rings is 1. The predicted octanol–water partition coefficient (Wildman–Crippen LogP) is 1.53. The molecule has 1 saturated heterocycles. The summed E-state index contributed by atoms with van der Waals surface area (Å²) in [5, 5.41) is 6.34. The van der Waals surface area contributed by atoms with E-state index < -0.39 is 23.4 Å². The summed E-state index contributed by atoms with van der Waals surface area (Å²) < 4.78 is 49.4. The van der Waals surface area contributed by atoms with E-state index in [4.69, 9.17) is 9.47 Å². The summed E-state index contributed by atoms with van der Waals surface area (Å²) in [6.45, 7) is 1.61. The highest BCUT2D eigenvalue weighted by atomic mass is 79.9. The first-order valence-corrected chi connectivity index (χ1v) is 10.5. The van der Waals surface area contributed by atoms with Crippen molar-refractivity contribution in [2.45, 2.75) is 18.7 Å². The molecule has 1 N–H and O–H groups in total. The van der Waals surface area contributed by atoms with Crippen molar-refractivity contribution in [2.75, 3.05) is 44.3 Å². The number of carbonyl (C=O) groups is 1. The lowest BCUT2D eigenvalue weighted by Gasteiger charge is -2.35. The van der Waals surface area contributed by atoms with E-state index in [9.17, 15) is 22.8 Å². The number of rotatable bonds is 4. The first kappa shape index (κ1) is 22.5. The Morgan fingerprint density at radius 3 is 2.59 bits per heavy atom. The van der Waals surface area contributed by atoms with E-state index in [0.717, 1.165) is 12.4 Å². The Morgan fingerprint density at radius 2 is 1.94 bits per heavy atom. The summed E-state index contributed by atoms with van der Waals surface area (Å²) in [4.78, 5) is 35.1. The monoisotopic (exact) mass is 518 g/mol. The molecule has 2 aliphatic rings. The lowest BCUT2D eigenvalue weighted by Crippen LogP contribution is -2.50. The van der Waals surface area contributed by atoms with E-state index in [0.29, 0.717) is 50.7 Å². The van der Waals surface area contributed by atoms with Crippen LogP contribution >= 0.6 is 15.9 Å². The molecule has 0 bridgehead atoms. The van der Waals surface area contributed by atoms with E-state index in [-0.39, 0.29) is 22.9 Å². The van der Waals surface area contributed by atoms with Crippen LogP contribution in [0.15, 0.2) is 21.7 Å². The van der Waals surface area contributed by atoms with Gasteiger partial charge in [0.1, 0.15) is 22.9 Å². The van der Waals surface area contributed by atoms with Crippen molar-refractivity contribution in [1.82, 2.24) is 25.1 Å². The Kier molecular flexibility index (Phi) is 6.33. The highest BCUT2D eigenvalue weighted by Gasteiger charge is 2.32. The highest BCUT2D eigenvalue weighted by molar-refractivity contribution is 9.10. The van der Waals surface area contributed by atoms with Crippen LogP contribution in [0.4, 0.5) is 19.1 Å². The van der Waals surface area contributed by atoms with Crippen LogP contribution in [0, 0.1) is 0 Å². The van der Waals surface area contributed by atoms with Gasteiger partial charge in [-0.2, -0.15) is 18.3 Å². The molecule has 1 amide bonds. The van der Waals surface area contributed by atoms with Crippen molar-refractivity contribution in [3.05, 3.63) is 38.5 Å². The third-order valence-corrected chi connectivity index (χ3v) is 5.85. The van der Waals surface area contributed by atoms with E-state index in [1.807, 2.05) is 0 Å². The quantitative estimate of drug-likeness (QED) is 0.648. The summed E-state index contributed by atoms with van der Waals surface area (Å²) in [6.07, 6.45) is -3.02. The summed E-state index contributed by atoms with van der Waals surface area (Å²) in [7, 11) is 0. The van der Waals surface area contributed by atoms with E-state index in [1.165, 1.54) is 0 Å². The number of carbonyl (C=O) groups excluding carboxylic acids is 1. The van der Waals surface area contributed by atoms with Gasteiger partial charge in [-0.25, -0.2) is 15.1 Å². The van der Waals surface area contributed by atoms with Crippen molar-refractivity contribution < 1.29 is 27.4 Å². The number of H-pyrrole nitrogens is 1. The minimum Gasteiger partial charge on any atom is -0.490 e. The standard InChI is InChI=1S/C18H18BrF3N6O4/c19-13-15-14(25-26-16(13)30)11(1-6-31-15)32-9-12(29)27-2-4-28(5-3-27)17-23-7-10(8-24-17)18(20,21)22/h7-8,11H,1-6,9H2,(H,26,30)/t11-/m0/s1. The molecular formula is C18H18BrF3N6O4. The van der Waals surface area contributed by atoms with Gasteiger partial charge in [-0.3, -0.25) is 9.59 Å². The Labute approximate surface area is 187 Å². The zero-order valence-corrected chi connectivity index (χ0v) is 18.1. The van der Waals surface area contributed by atoms with E-state index in [2.05, 4.69) is 36.1 Å². The number of anilines is 1. The van der Waals surface area contributed by atoms with E-state index in [1.54, 1.807) is 9.80 Å². The van der Waals surface area contributed by atoms with Crippen LogP contribution in [0.5, 0.6) is 5.75 Å². The molecule has 4 rings (SSSR count). The van der Waals surface area contributed by atoms with Crippen LogP contribution in [-0.2, 0) is 15.7 Å². The van der Waals surface area contributed by atoms with Gasteiger partial charge in [0.25, 0.3) is 5.56 Å². The fraction of sp³-hybridized carbons (Fsp3) is 0.500. The van der Waals surface area contributed by atoms with Crippen LogP contribution in [0.25, 0.3) is 0 Å². The normalized spacial score (nSPS) is 18.8. The van der Waals surface area contributed by atoms with Crippen molar-refractivity contribution in [3.63, 3.8) is 0 Å². The fourth-order valence-corrected chi connectivity index (χ4v) is 3.81. The number of hydrogen-bond acceptors (Lipinski definition) is 8. The summed E-state index contributed by atoms with van der Waals surface area (Å²) in [5.74, 6) is 0.267. The van der Waals surface area contributed by atoms with Gasteiger partial charge in [-0.15, -0.1) is 0 Å². The van der Waals surface area contributed by atoms with Crippen LogP contribution in [0.2, 0.25) is 0 Å². The second-order valence-electron chi connectivity index (χ2n) is 7.16. The second kappa shape index (κ2) is 9.02. The maximum absolute atomic E-state index is 12.6. The van der Waals surface area contributed by atoms with Crippen LogP contribution in [-0.4, -0.2) is 70.4 Å². The van der Waals surface area contributed by atoms with Crippen LogP contribution in [0.1, 0.15) is 23.8 Å². The summed E-state index contributed by atoms with van der Waals surface area (Å²) >= 11 is 3.16.